The van der Waals surface area contributed by atoms with E-state index in [1.807, 2.05) is 13.0 Å². The minimum absolute atomic E-state index is 0.0874. The van der Waals surface area contributed by atoms with Crippen molar-refractivity contribution in [1.29, 1.82) is 0 Å². The maximum atomic E-state index is 6.05. The lowest BCUT2D eigenvalue weighted by atomic mass is 10.2. The van der Waals surface area contributed by atoms with E-state index in [2.05, 4.69) is 15.5 Å². The Kier molecular flexibility index (Phi) is 3.72. The van der Waals surface area contributed by atoms with Crippen LogP contribution in [0.15, 0.2) is 22.7 Å². The molecule has 5 nitrogen and oxygen atoms in total. The molecule has 0 amide bonds. The van der Waals surface area contributed by atoms with Gasteiger partial charge < -0.3 is 14.6 Å². The summed E-state index contributed by atoms with van der Waals surface area (Å²) in [5, 5.41) is 7.53. The number of hydrogen-bond acceptors (Lipinski definition) is 5. The predicted molar refractivity (Wildman–Crippen MR) is 69.1 cm³/mol. The molecule has 96 valence electrons. The van der Waals surface area contributed by atoms with Crippen LogP contribution in [0.1, 0.15) is 24.7 Å². The lowest BCUT2D eigenvalue weighted by Gasteiger charge is -2.12. The Morgan fingerprint density at radius 3 is 2.78 bits per heavy atom. The standard InChI is InChI=1S/C12H14ClN3O2/c1-7(12-15-8(2)16-18-12)14-9-4-5-11(17-3)10(13)6-9/h4-7,14H,1-3H3. The van der Waals surface area contributed by atoms with Gasteiger partial charge in [-0.05, 0) is 32.0 Å². The zero-order valence-corrected chi connectivity index (χ0v) is 11.2. The Morgan fingerprint density at radius 1 is 1.44 bits per heavy atom. The molecule has 0 fully saturated rings. The molecule has 1 unspecified atom stereocenters. The minimum atomic E-state index is -0.0874. The van der Waals surface area contributed by atoms with Gasteiger partial charge in [-0.25, -0.2) is 0 Å². The summed E-state index contributed by atoms with van der Waals surface area (Å²) >= 11 is 6.05. The zero-order chi connectivity index (χ0) is 13.1. The maximum Gasteiger partial charge on any atom is 0.248 e. The molecule has 0 aliphatic rings. The first-order valence-electron chi connectivity index (χ1n) is 5.50. The summed E-state index contributed by atoms with van der Waals surface area (Å²) in [6.45, 7) is 3.72. The second-order valence-electron chi connectivity index (χ2n) is 3.90. The van der Waals surface area contributed by atoms with Crippen molar-refractivity contribution in [1.82, 2.24) is 10.1 Å². The Labute approximate surface area is 110 Å². The molecule has 2 aromatic rings. The average Bonchev–Trinajstić information content (AvgIpc) is 2.76. The van der Waals surface area contributed by atoms with Crippen LogP contribution in [0.2, 0.25) is 5.02 Å². The topological polar surface area (TPSA) is 60.2 Å². The van der Waals surface area contributed by atoms with E-state index >= 15 is 0 Å². The Morgan fingerprint density at radius 2 is 2.22 bits per heavy atom. The van der Waals surface area contributed by atoms with Crippen LogP contribution < -0.4 is 10.1 Å². The van der Waals surface area contributed by atoms with Crippen molar-refractivity contribution in [3.8, 4) is 5.75 Å². The lowest BCUT2D eigenvalue weighted by molar-refractivity contribution is 0.364. The van der Waals surface area contributed by atoms with E-state index in [1.165, 1.54) is 0 Å². The molecule has 0 bridgehead atoms. The summed E-state index contributed by atoms with van der Waals surface area (Å²) in [7, 11) is 1.58. The van der Waals surface area contributed by atoms with E-state index in [1.54, 1.807) is 26.2 Å². The molecular weight excluding hydrogens is 254 g/mol. The fourth-order valence-corrected chi connectivity index (χ4v) is 1.81. The number of nitrogens with zero attached hydrogens (tertiary/aromatic N) is 2. The van der Waals surface area contributed by atoms with Crippen LogP contribution in [-0.4, -0.2) is 17.3 Å². The van der Waals surface area contributed by atoms with Gasteiger partial charge in [0.05, 0.1) is 12.1 Å². The summed E-state index contributed by atoms with van der Waals surface area (Å²) in [6, 6.07) is 5.39. The molecule has 1 atom stereocenters. The van der Waals surface area contributed by atoms with E-state index in [-0.39, 0.29) is 6.04 Å². The monoisotopic (exact) mass is 267 g/mol. The third-order valence-electron chi connectivity index (χ3n) is 2.45. The minimum Gasteiger partial charge on any atom is -0.495 e. The maximum absolute atomic E-state index is 6.05. The van der Waals surface area contributed by atoms with Crippen molar-refractivity contribution in [3.63, 3.8) is 0 Å². The van der Waals surface area contributed by atoms with Crippen molar-refractivity contribution in [2.75, 3.05) is 12.4 Å². The van der Waals surface area contributed by atoms with Crippen molar-refractivity contribution >= 4 is 17.3 Å². The second kappa shape index (κ2) is 5.27. The van der Waals surface area contributed by atoms with Gasteiger partial charge in [0.25, 0.3) is 0 Å². The summed E-state index contributed by atoms with van der Waals surface area (Å²) in [5.41, 5.74) is 0.865. The van der Waals surface area contributed by atoms with E-state index < -0.39 is 0 Å². The Hall–Kier alpha value is -1.75. The summed E-state index contributed by atoms with van der Waals surface area (Å²) < 4.78 is 10.2. The van der Waals surface area contributed by atoms with Crippen LogP contribution in [0.3, 0.4) is 0 Å². The fourth-order valence-electron chi connectivity index (χ4n) is 1.56. The number of hydrogen-bond donors (Lipinski definition) is 1. The largest absolute Gasteiger partial charge is 0.495 e. The van der Waals surface area contributed by atoms with Gasteiger partial charge in [0.1, 0.15) is 11.8 Å². The van der Waals surface area contributed by atoms with Gasteiger partial charge in [-0.15, -0.1) is 0 Å². The van der Waals surface area contributed by atoms with Gasteiger partial charge in [0, 0.05) is 5.69 Å². The highest BCUT2D eigenvalue weighted by Crippen LogP contribution is 2.28. The normalized spacial score (nSPS) is 12.2. The fraction of sp³-hybridized carbons (Fsp3) is 0.333. The van der Waals surface area contributed by atoms with Gasteiger partial charge in [0.15, 0.2) is 5.82 Å². The number of aromatic nitrogens is 2. The SMILES string of the molecule is COc1ccc(NC(C)c2nc(C)no2)cc1Cl. The van der Waals surface area contributed by atoms with Crippen molar-refractivity contribution in [2.45, 2.75) is 19.9 Å². The van der Waals surface area contributed by atoms with Gasteiger partial charge >= 0.3 is 0 Å². The Balaban J connectivity index is 2.12. The zero-order valence-electron chi connectivity index (χ0n) is 10.4. The summed E-state index contributed by atoms with van der Waals surface area (Å²) in [6.07, 6.45) is 0. The van der Waals surface area contributed by atoms with Crippen LogP contribution in [0.5, 0.6) is 5.75 Å². The molecule has 1 aromatic carbocycles. The number of halogens is 1. The van der Waals surface area contributed by atoms with Gasteiger partial charge in [-0.2, -0.15) is 4.98 Å². The van der Waals surface area contributed by atoms with E-state index in [0.717, 1.165) is 5.69 Å². The lowest BCUT2D eigenvalue weighted by Crippen LogP contribution is -2.07. The highest BCUT2D eigenvalue weighted by molar-refractivity contribution is 6.32. The number of ether oxygens (including phenoxy) is 1. The van der Waals surface area contributed by atoms with Crippen LogP contribution in [0.4, 0.5) is 5.69 Å². The number of rotatable bonds is 4. The van der Waals surface area contributed by atoms with Gasteiger partial charge in [-0.3, -0.25) is 0 Å². The summed E-state index contributed by atoms with van der Waals surface area (Å²) in [5.74, 6) is 1.80. The number of aryl methyl sites for hydroxylation is 1. The van der Waals surface area contributed by atoms with Gasteiger partial charge in [0.2, 0.25) is 5.89 Å². The van der Waals surface area contributed by atoms with Crippen LogP contribution in [0, 0.1) is 6.92 Å². The molecule has 0 aliphatic heterocycles. The molecular formula is C12H14ClN3O2. The molecule has 1 N–H and O–H groups in total. The second-order valence-corrected chi connectivity index (χ2v) is 4.30. The Bertz CT molecular complexity index is 542. The summed E-state index contributed by atoms with van der Waals surface area (Å²) in [4.78, 5) is 4.16. The highest BCUT2D eigenvalue weighted by Gasteiger charge is 2.13. The average molecular weight is 268 g/mol. The van der Waals surface area contributed by atoms with E-state index in [4.69, 9.17) is 20.9 Å². The number of anilines is 1. The van der Waals surface area contributed by atoms with Crippen molar-refractivity contribution in [2.24, 2.45) is 0 Å². The smallest absolute Gasteiger partial charge is 0.248 e. The predicted octanol–water partition coefficient (Wildman–Crippen LogP) is 3.21. The number of nitrogens with one attached hydrogen (secondary N) is 1. The van der Waals surface area contributed by atoms with Crippen LogP contribution in [0.25, 0.3) is 0 Å². The quantitative estimate of drug-likeness (QED) is 0.922. The molecule has 0 radical (unpaired) electrons. The van der Waals surface area contributed by atoms with E-state index in [0.29, 0.717) is 22.5 Å². The molecule has 0 aliphatic carbocycles. The van der Waals surface area contributed by atoms with Crippen LogP contribution in [-0.2, 0) is 0 Å². The molecule has 0 saturated heterocycles. The third kappa shape index (κ3) is 2.73. The number of methoxy groups -OCH3 is 1. The molecule has 1 aromatic heterocycles. The molecule has 18 heavy (non-hydrogen) atoms. The molecule has 6 heteroatoms. The first kappa shape index (κ1) is 12.7. The molecule has 0 spiro atoms. The number of benzene rings is 1. The third-order valence-corrected chi connectivity index (χ3v) is 2.74. The van der Waals surface area contributed by atoms with E-state index in [9.17, 15) is 0 Å². The van der Waals surface area contributed by atoms with Crippen molar-refractivity contribution < 1.29 is 9.26 Å². The highest BCUT2D eigenvalue weighted by atomic mass is 35.5. The molecule has 0 saturated carbocycles. The first-order chi connectivity index (χ1) is 8.60. The molecule has 2 rings (SSSR count). The van der Waals surface area contributed by atoms with Crippen LogP contribution >= 0.6 is 11.6 Å². The molecule has 1 heterocycles. The van der Waals surface area contributed by atoms with Gasteiger partial charge in [-0.1, -0.05) is 16.8 Å². The first-order valence-corrected chi connectivity index (χ1v) is 5.88. The van der Waals surface area contributed by atoms with Crippen molar-refractivity contribution in [3.05, 3.63) is 34.9 Å².